The van der Waals surface area contributed by atoms with Crippen LogP contribution >= 0.6 is 0 Å². The van der Waals surface area contributed by atoms with Gasteiger partial charge in [0.25, 0.3) is 5.91 Å². The Hall–Kier alpha value is -2.63. The lowest BCUT2D eigenvalue weighted by molar-refractivity contribution is 0.0952. The molecule has 2 heterocycles. The minimum absolute atomic E-state index is 0.0655. The molecule has 0 unspecified atom stereocenters. The summed E-state index contributed by atoms with van der Waals surface area (Å²) < 4.78 is 14.0. The maximum atomic E-state index is 14.0. The van der Waals surface area contributed by atoms with Crippen LogP contribution in [0.15, 0.2) is 42.6 Å². The van der Waals surface area contributed by atoms with Crippen LogP contribution in [0.3, 0.4) is 0 Å². The molecule has 1 aliphatic heterocycles. The number of halogens is 1. The normalized spacial score (nSPS) is 14.5. The Kier molecular flexibility index (Phi) is 6.27. The molecule has 5 nitrogen and oxygen atoms in total. The molecular formula is C21H27FN4O. The van der Waals surface area contributed by atoms with Crippen molar-refractivity contribution in [1.82, 2.24) is 10.3 Å². The first-order valence-electron chi connectivity index (χ1n) is 9.53. The predicted molar refractivity (Wildman–Crippen MR) is 107 cm³/mol. The van der Waals surface area contributed by atoms with Gasteiger partial charge in [0, 0.05) is 44.5 Å². The van der Waals surface area contributed by atoms with Crippen molar-refractivity contribution < 1.29 is 9.18 Å². The highest BCUT2D eigenvalue weighted by Gasteiger charge is 2.20. The molecule has 0 saturated carbocycles. The third-order valence-electron chi connectivity index (χ3n) is 4.81. The Morgan fingerprint density at radius 1 is 1.15 bits per heavy atom. The predicted octanol–water partition coefficient (Wildman–Crippen LogP) is 3.32. The summed E-state index contributed by atoms with van der Waals surface area (Å²) in [5.74, 6) is 1.09. The highest BCUT2D eigenvalue weighted by atomic mass is 19.1. The molecule has 0 aliphatic carbocycles. The van der Waals surface area contributed by atoms with Gasteiger partial charge in [-0.25, -0.2) is 9.37 Å². The zero-order valence-corrected chi connectivity index (χ0v) is 16.0. The second kappa shape index (κ2) is 8.84. The number of carbonyl (C=O) groups is 1. The van der Waals surface area contributed by atoms with E-state index in [9.17, 15) is 9.18 Å². The van der Waals surface area contributed by atoms with Gasteiger partial charge in [0.15, 0.2) is 0 Å². The first-order chi connectivity index (χ1) is 13.0. The van der Waals surface area contributed by atoms with Gasteiger partial charge >= 0.3 is 0 Å². The van der Waals surface area contributed by atoms with Gasteiger partial charge < -0.3 is 15.1 Å². The average Bonchev–Trinajstić information content (AvgIpc) is 2.68. The van der Waals surface area contributed by atoms with Crippen LogP contribution in [0.5, 0.6) is 0 Å². The molecule has 1 aliphatic rings. The Morgan fingerprint density at radius 3 is 2.56 bits per heavy atom. The standard InChI is InChI=1S/C21H27FN4O/c1-16(2)7-9-24-21(27)17-8-10-23-20(15-17)26-13-11-25(12-14-26)19-6-4-3-5-18(19)22/h3-6,8,10,15-16H,7,9,11-14H2,1-2H3,(H,24,27). The summed E-state index contributed by atoms with van der Waals surface area (Å²) in [4.78, 5) is 20.9. The van der Waals surface area contributed by atoms with Crippen molar-refractivity contribution >= 4 is 17.4 Å². The van der Waals surface area contributed by atoms with Crippen molar-refractivity contribution in [3.05, 3.63) is 54.0 Å². The van der Waals surface area contributed by atoms with E-state index in [2.05, 4.69) is 29.0 Å². The van der Waals surface area contributed by atoms with E-state index in [1.54, 1.807) is 18.3 Å². The van der Waals surface area contributed by atoms with Crippen LogP contribution in [0.4, 0.5) is 15.9 Å². The monoisotopic (exact) mass is 370 g/mol. The number of anilines is 2. The third kappa shape index (κ3) is 4.96. The van der Waals surface area contributed by atoms with Crippen LogP contribution in [0.2, 0.25) is 0 Å². The molecular weight excluding hydrogens is 343 g/mol. The van der Waals surface area contributed by atoms with Crippen molar-refractivity contribution in [3.8, 4) is 0 Å². The summed E-state index contributed by atoms with van der Waals surface area (Å²) in [7, 11) is 0. The lowest BCUT2D eigenvalue weighted by Gasteiger charge is -2.36. The number of nitrogens with zero attached hydrogens (tertiary/aromatic N) is 3. The van der Waals surface area contributed by atoms with E-state index >= 15 is 0 Å². The highest BCUT2D eigenvalue weighted by Crippen LogP contribution is 2.22. The number of carbonyl (C=O) groups excluding carboxylic acids is 1. The van der Waals surface area contributed by atoms with Crippen LogP contribution in [0, 0.1) is 11.7 Å². The fourth-order valence-electron chi connectivity index (χ4n) is 3.19. The lowest BCUT2D eigenvalue weighted by Crippen LogP contribution is -2.47. The van der Waals surface area contributed by atoms with E-state index in [4.69, 9.17) is 0 Å². The molecule has 3 rings (SSSR count). The molecule has 27 heavy (non-hydrogen) atoms. The van der Waals surface area contributed by atoms with Crippen LogP contribution in [0.25, 0.3) is 0 Å². The minimum atomic E-state index is -0.191. The SMILES string of the molecule is CC(C)CCNC(=O)c1ccnc(N2CCN(c3ccccc3F)CC2)c1. The van der Waals surface area contributed by atoms with E-state index in [-0.39, 0.29) is 11.7 Å². The maximum absolute atomic E-state index is 14.0. The molecule has 1 saturated heterocycles. The smallest absolute Gasteiger partial charge is 0.251 e. The fraction of sp³-hybridized carbons (Fsp3) is 0.429. The number of piperazine rings is 1. The molecule has 0 bridgehead atoms. The largest absolute Gasteiger partial charge is 0.366 e. The van der Waals surface area contributed by atoms with E-state index < -0.39 is 0 Å². The molecule has 1 fully saturated rings. The van der Waals surface area contributed by atoms with Crippen molar-refractivity contribution in [2.75, 3.05) is 42.5 Å². The van der Waals surface area contributed by atoms with Gasteiger partial charge in [0.05, 0.1) is 5.69 Å². The molecule has 0 spiro atoms. The van der Waals surface area contributed by atoms with E-state index in [1.165, 1.54) is 6.07 Å². The van der Waals surface area contributed by atoms with Gasteiger partial charge in [-0.1, -0.05) is 26.0 Å². The number of nitrogens with one attached hydrogen (secondary N) is 1. The molecule has 1 aromatic carbocycles. The number of hydrogen-bond acceptors (Lipinski definition) is 4. The van der Waals surface area contributed by atoms with Crippen LogP contribution in [-0.2, 0) is 0 Å². The topological polar surface area (TPSA) is 48.5 Å². The fourth-order valence-corrected chi connectivity index (χ4v) is 3.19. The van der Waals surface area contributed by atoms with Crippen LogP contribution < -0.4 is 15.1 Å². The Morgan fingerprint density at radius 2 is 1.85 bits per heavy atom. The van der Waals surface area contributed by atoms with Crippen molar-refractivity contribution in [3.63, 3.8) is 0 Å². The summed E-state index contributed by atoms with van der Waals surface area (Å²) in [5, 5.41) is 2.96. The summed E-state index contributed by atoms with van der Waals surface area (Å²) in [6.45, 7) is 7.85. The molecule has 1 N–H and O–H groups in total. The first-order valence-corrected chi connectivity index (χ1v) is 9.53. The summed E-state index contributed by atoms with van der Waals surface area (Å²) in [6, 6.07) is 10.4. The van der Waals surface area contributed by atoms with E-state index in [1.807, 2.05) is 23.1 Å². The Labute approximate surface area is 160 Å². The number of para-hydroxylation sites is 1. The first kappa shape index (κ1) is 19.1. The van der Waals surface area contributed by atoms with Gasteiger partial charge in [-0.15, -0.1) is 0 Å². The molecule has 2 aromatic rings. The number of rotatable bonds is 6. The summed E-state index contributed by atoms with van der Waals surface area (Å²) in [6.07, 6.45) is 2.64. The van der Waals surface area contributed by atoms with Crippen LogP contribution in [0.1, 0.15) is 30.6 Å². The molecule has 6 heteroatoms. The molecule has 1 amide bonds. The van der Waals surface area contributed by atoms with Gasteiger partial charge in [-0.2, -0.15) is 0 Å². The maximum Gasteiger partial charge on any atom is 0.251 e. The molecule has 0 radical (unpaired) electrons. The lowest BCUT2D eigenvalue weighted by atomic mass is 10.1. The number of pyridine rings is 1. The number of hydrogen-bond donors (Lipinski definition) is 1. The second-order valence-electron chi connectivity index (χ2n) is 7.27. The number of amides is 1. The van der Waals surface area contributed by atoms with Crippen molar-refractivity contribution in [2.45, 2.75) is 20.3 Å². The van der Waals surface area contributed by atoms with Crippen molar-refractivity contribution in [1.29, 1.82) is 0 Å². The second-order valence-corrected chi connectivity index (χ2v) is 7.27. The quantitative estimate of drug-likeness (QED) is 0.847. The Bertz CT molecular complexity index is 772. The molecule has 144 valence electrons. The average molecular weight is 370 g/mol. The van der Waals surface area contributed by atoms with Gasteiger partial charge in [-0.05, 0) is 36.6 Å². The Balaban J connectivity index is 1.60. The van der Waals surface area contributed by atoms with Gasteiger partial charge in [0.2, 0.25) is 0 Å². The van der Waals surface area contributed by atoms with Crippen molar-refractivity contribution in [2.24, 2.45) is 5.92 Å². The number of benzene rings is 1. The zero-order valence-electron chi connectivity index (χ0n) is 16.0. The van der Waals surface area contributed by atoms with E-state index in [0.29, 0.717) is 36.8 Å². The summed E-state index contributed by atoms with van der Waals surface area (Å²) >= 11 is 0. The van der Waals surface area contributed by atoms with Gasteiger partial charge in [0.1, 0.15) is 11.6 Å². The van der Waals surface area contributed by atoms with Crippen LogP contribution in [-0.4, -0.2) is 43.6 Å². The zero-order chi connectivity index (χ0) is 19.2. The highest BCUT2D eigenvalue weighted by molar-refractivity contribution is 5.94. The van der Waals surface area contributed by atoms with Gasteiger partial charge in [-0.3, -0.25) is 4.79 Å². The molecule has 1 aromatic heterocycles. The molecule has 0 atom stereocenters. The summed E-state index contributed by atoms with van der Waals surface area (Å²) in [5.41, 5.74) is 1.27. The minimum Gasteiger partial charge on any atom is -0.366 e. The third-order valence-corrected chi connectivity index (χ3v) is 4.81. The van der Waals surface area contributed by atoms with E-state index in [0.717, 1.165) is 25.3 Å². The number of aromatic nitrogens is 1.